The summed E-state index contributed by atoms with van der Waals surface area (Å²) in [5.74, 6) is 0.922. The van der Waals surface area contributed by atoms with E-state index in [9.17, 15) is 0 Å². The van der Waals surface area contributed by atoms with Gasteiger partial charge in [-0.1, -0.05) is 60.7 Å². The van der Waals surface area contributed by atoms with Gasteiger partial charge in [0.05, 0.1) is 0 Å². The Morgan fingerprint density at radius 1 is 0.436 bits per heavy atom. The molecular formula is C39H14. The van der Waals surface area contributed by atoms with E-state index in [0.29, 0.717) is 11.8 Å². The molecule has 0 fully saturated rings. The molecule has 0 heteroatoms. The van der Waals surface area contributed by atoms with Gasteiger partial charge < -0.3 is 0 Å². The third-order valence-corrected chi connectivity index (χ3v) is 12.5. The molecule has 0 aliphatic heterocycles. The van der Waals surface area contributed by atoms with Crippen LogP contribution in [0, 0.1) is 0 Å². The van der Waals surface area contributed by atoms with E-state index in [2.05, 4.69) is 60.7 Å². The predicted molar refractivity (Wildman–Crippen MR) is 165 cm³/mol. The van der Waals surface area contributed by atoms with E-state index in [-0.39, 0.29) is 0 Å². The quantitative estimate of drug-likeness (QED) is 0.189. The fourth-order valence-electron chi connectivity index (χ4n) is 11.6. The normalized spacial score (nSPS) is 21.0. The zero-order valence-corrected chi connectivity index (χ0v) is 20.6. The van der Waals surface area contributed by atoms with Crippen LogP contribution in [-0.2, 0) is 6.42 Å². The number of hydrogen-bond acceptors (Lipinski definition) is 0. The highest BCUT2D eigenvalue weighted by Crippen LogP contribution is 2.69. The lowest BCUT2D eigenvalue weighted by molar-refractivity contribution is 0.755. The fraction of sp³-hybridized carbons (Fsp3) is 0.0769. The van der Waals surface area contributed by atoms with Crippen molar-refractivity contribution < 1.29 is 0 Å². The van der Waals surface area contributed by atoms with E-state index < -0.39 is 0 Å². The van der Waals surface area contributed by atoms with Crippen LogP contribution >= 0.6 is 0 Å². The molecule has 5 aliphatic carbocycles. The Labute approximate surface area is 220 Å². The number of benzene rings is 6. The molecule has 10 aromatic rings. The molecule has 39 heavy (non-hydrogen) atoms. The molecule has 2 unspecified atom stereocenters. The summed E-state index contributed by atoms with van der Waals surface area (Å²) >= 11 is 0. The molecule has 2 atom stereocenters. The fourth-order valence-corrected chi connectivity index (χ4v) is 11.6. The maximum atomic E-state index is 2.57. The molecule has 0 N–H and O–H groups in total. The van der Waals surface area contributed by atoms with Gasteiger partial charge in [0.25, 0.3) is 0 Å². The van der Waals surface area contributed by atoms with E-state index in [1.165, 1.54) is 43.6 Å². The molecule has 170 valence electrons. The number of rotatable bonds is 0. The van der Waals surface area contributed by atoms with Crippen LogP contribution in [0.1, 0.15) is 56.3 Å². The summed E-state index contributed by atoms with van der Waals surface area (Å²) in [4.78, 5) is 0. The summed E-state index contributed by atoms with van der Waals surface area (Å²) in [6.45, 7) is 0. The predicted octanol–water partition coefficient (Wildman–Crippen LogP) is 10.2. The van der Waals surface area contributed by atoms with Crippen LogP contribution in [0.25, 0.3) is 115 Å². The van der Waals surface area contributed by atoms with Crippen molar-refractivity contribution >= 4 is 115 Å². The summed E-state index contributed by atoms with van der Waals surface area (Å²) in [6, 6.07) is 14.8. The van der Waals surface area contributed by atoms with Crippen molar-refractivity contribution in [1.29, 1.82) is 0 Å². The van der Waals surface area contributed by atoms with Crippen LogP contribution in [0.2, 0.25) is 0 Å². The number of fused-ring (bicyclic) bond motifs is 4. The second-order valence-electron chi connectivity index (χ2n) is 13.3. The Morgan fingerprint density at radius 2 is 1.10 bits per heavy atom. The minimum Gasteiger partial charge on any atom is -0.0754 e. The first-order valence-corrected chi connectivity index (χ1v) is 14.5. The van der Waals surface area contributed by atoms with Crippen LogP contribution in [0.15, 0.2) is 42.5 Å². The van der Waals surface area contributed by atoms with Gasteiger partial charge in [0.15, 0.2) is 0 Å². The van der Waals surface area contributed by atoms with Gasteiger partial charge in [0, 0.05) is 11.8 Å². The molecule has 0 nitrogen and oxygen atoms in total. The lowest BCUT2D eigenvalue weighted by Gasteiger charge is -2.28. The first kappa shape index (κ1) is 16.3. The molecule has 15 rings (SSSR count). The van der Waals surface area contributed by atoms with Crippen molar-refractivity contribution in [3.05, 3.63) is 87.0 Å². The van der Waals surface area contributed by atoms with Gasteiger partial charge >= 0.3 is 0 Å². The summed E-state index contributed by atoms with van der Waals surface area (Å²) in [7, 11) is 0. The van der Waals surface area contributed by atoms with Gasteiger partial charge in [-0.2, -0.15) is 0 Å². The van der Waals surface area contributed by atoms with E-state index in [1.54, 1.807) is 97.8 Å². The Bertz CT molecular complexity index is 3050. The van der Waals surface area contributed by atoms with Crippen LogP contribution in [0.3, 0.4) is 0 Å². The minimum absolute atomic E-state index is 0.458. The molecule has 0 saturated carbocycles. The summed E-state index contributed by atoms with van der Waals surface area (Å²) in [5.41, 5.74) is 12.5. The van der Waals surface area contributed by atoms with Crippen LogP contribution in [0.4, 0.5) is 0 Å². The SMILES string of the molecule is C1=Cc2ccc3c4ccc5c6c7c8c5c4c4c3c2c2c3c5c9c(c1c1ccc%10c(c(c5c8c34)C7C%10C=C6)c19)C2. The zero-order valence-electron chi connectivity index (χ0n) is 20.6. The second kappa shape index (κ2) is 4.27. The first-order valence-electron chi connectivity index (χ1n) is 14.5. The van der Waals surface area contributed by atoms with Gasteiger partial charge in [-0.3, -0.25) is 0 Å². The summed E-state index contributed by atoms with van der Waals surface area (Å²) in [6.07, 6.45) is 11.1. The smallest absolute Gasteiger partial charge is 0.0218 e. The largest absolute Gasteiger partial charge is 0.0754 e. The van der Waals surface area contributed by atoms with E-state index >= 15 is 0 Å². The highest BCUT2D eigenvalue weighted by molar-refractivity contribution is 6.57. The number of allylic oxidation sites excluding steroid dienone is 1. The maximum absolute atomic E-state index is 2.57. The topological polar surface area (TPSA) is 0 Å². The summed E-state index contributed by atoms with van der Waals surface area (Å²) in [5, 5.41) is 28.2. The lowest BCUT2D eigenvalue weighted by atomic mass is 9.74. The highest BCUT2D eigenvalue weighted by atomic mass is 14.5. The molecule has 5 aliphatic rings. The Kier molecular flexibility index (Phi) is 1.79. The average Bonchev–Trinajstić information content (AvgIpc) is 3.72. The zero-order chi connectivity index (χ0) is 23.9. The maximum Gasteiger partial charge on any atom is 0.0218 e. The van der Waals surface area contributed by atoms with E-state index in [4.69, 9.17) is 0 Å². The number of hydrogen-bond donors (Lipinski definition) is 0. The van der Waals surface area contributed by atoms with Gasteiger partial charge in [-0.25, -0.2) is 0 Å². The van der Waals surface area contributed by atoms with E-state index in [0.717, 1.165) is 6.42 Å². The molecule has 0 heterocycles. The lowest BCUT2D eigenvalue weighted by Crippen LogP contribution is -2.11. The van der Waals surface area contributed by atoms with E-state index in [1.807, 2.05) is 0 Å². The summed E-state index contributed by atoms with van der Waals surface area (Å²) < 4.78 is 0. The van der Waals surface area contributed by atoms with Crippen molar-refractivity contribution in [3.63, 3.8) is 0 Å². The molecule has 0 aromatic heterocycles. The Morgan fingerprint density at radius 3 is 2.08 bits per heavy atom. The van der Waals surface area contributed by atoms with Crippen molar-refractivity contribution in [2.24, 2.45) is 0 Å². The molecule has 0 radical (unpaired) electrons. The highest BCUT2D eigenvalue weighted by Gasteiger charge is 2.47. The van der Waals surface area contributed by atoms with Gasteiger partial charge in [0.2, 0.25) is 0 Å². The molecular weight excluding hydrogens is 468 g/mol. The first-order chi connectivity index (χ1) is 19.4. The third-order valence-electron chi connectivity index (χ3n) is 12.5. The van der Waals surface area contributed by atoms with Crippen molar-refractivity contribution in [3.8, 4) is 0 Å². The van der Waals surface area contributed by atoms with Gasteiger partial charge in [-0.15, -0.1) is 0 Å². The molecule has 0 amide bonds. The van der Waals surface area contributed by atoms with Crippen molar-refractivity contribution in [1.82, 2.24) is 0 Å². The molecule has 2 bridgehead atoms. The van der Waals surface area contributed by atoms with Crippen molar-refractivity contribution in [2.45, 2.75) is 18.3 Å². The monoisotopic (exact) mass is 482 g/mol. The average molecular weight is 483 g/mol. The van der Waals surface area contributed by atoms with Gasteiger partial charge in [0.1, 0.15) is 0 Å². The van der Waals surface area contributed by atoms with Crippen LogP contribution in [0.5, 0.6) is 0 Å². The van der Waals surface area contributed by atoms with Crippen LogP contribution < -0.4 is 0 Å². The molecule has 0 spiro atoms. The Hall–Kier alpha value is -4.68. The van der Waals surface area contributed by atoms with Crippen molar-refractivity contribution in [2.75, 3.05) is 0 Å². The Balaban J connectivity index is 1.54. The van der Waals surface area contributed by atoms with Crippen LogP contribution in [-0.4, -0.2) is 0 Å². The minimum atomic E-state index is 0.458. The standard InChI is InChI=1S/C39H14/c1-3-13-14-5-6-17-18-9-10-20-19-8-7-16-15-4-2-12(1)23-22-11-21(13)31-25(14)26(17)34-29(18)30(20)35-28(19)27(16)33(24(15)23)37-32(22)36(31)38(34)39(35)37/h1-10,18,29H,11H2. The molecule has 10 aromatic carbocycles. The van der Waals surface area contributed by atoms with Gasteiger partial charge in [-0.05, 0) is 148 Å². The third kappa shape index (κ3) is 1.15. The molecule has 0 saturated heterocycles. The second-order valence-corrected chi connectivity index (χ2v) is 13.3.